The molecule has 0 aliphatic rings. The van der Waals surface area contributed by atoms with Crippen LogP contribution in [0, 0.1) is 0 Å². The summed E-state index contributed by atoms with van der Waals surface area (Å²) in [5, 5.41) is 3.30. The molecule has 0 fully saturated rings. The van der Waals surface area contributed by atoms with Crippen LogP contribution in [0.3, 0.4) is 0 Å². The van der Waals surface area contributed by atoms with Crippen LogP contribution in [0.1, 0.15) is 11.1 Å². The molecule has 0 aromatic heterocycles. The van der Waals surface area contributed by atoms with Gasteiger partial charge in [0.25, 0.3) is 0 Å². The van der Waals surface area contributed by atoms with Crippen molar-refractivity contribution in [3.8, 4) is 0 Å². The molecule has 0 bridgehead atoms. The van der Waals surface area contributed by atoms with Crippen LogP contribution in [0.4, 0.5) is 11.4 Å². The second-order valence-corrected chi connectivity index (χ2v) is 4.44. The number of nitrogen functional groups attached to an aromatic ring is 1. The van der Waals surface area contributed by atoms with Crippen molar-refractivity contribution in [3.05, 3.63) is 59.7 Å². The van der Waals surface area contributed by atoms with Gasteiger partial charge in [-0.05, 0) is 35.4 Å². The maximum absolute atomic E-state index is 10.8. The van der Waals surface area contributed by atoms with Gasteiger partial charge in [-0.15, -0.1) is 0 Å². The molecule has 2 rings (SSSR count). The van der Waals surface area contributed by atoms with Crippen LogP contribution in [-0.2, 0) is 17.8 Å². The number of primary amides is 1. The Bertz CT molecular complexity index is 547. The first-order valence-corrected chi connectivity index (χ1v) is 6.09. The third-order valence-electron chi connectivity index (χ3n) is 2.81. The molecule has 0 unspecified atom stereocenters. The number of anilines is 2. The SMILES string of the molecule is NC(=O)Cc1ccc(NCc2ccc(N)cc2)cc1. The topological polar surface area (TPSA) is 81.1 Å². The first-order valence-electron chi connectivity index (χ1n) is 6.09. The zero-order chi connectivity index (χ0) is 13.7. The van der Waals surface area contributed by atoms with Crippen molar-refractivity contribution >= 4 is 17.3 Å². The quantitative estimate of drug-likeness (QED) is 0.714. The molecule has 0 heterocycles. The molecule has 0 aliphatic heterocycles. The van der Waals surface area contributed by atoms with Crippen LogP contribution < -0.4 is 16.8 Å². The zero-order valence-corrected chi connectivity index (χ0v) is 10.6. The summed E-state index contributed by atoms with van der Waals surface area (Å²) >= 11 is 0. The monoisotopic (exact) mass is 255 g/mol. The van der Waals surface area contributed by atoms with E-state index in [9.17, 15) is 4.79 Å². The highest BCUT2D eigenvalue weighted by atomic mass is 16.1. The predicted octanol–water partition coefficient (Wildman–Crippen LogP) is 1.91. The van der Waals surface area contributed by atoms with Gasteiger partial charge in [0.2, 0.25) is 5.91 Å². The van der Waals surface area contributed by atoms with Crippen LogP contribution in [0.15, 0.2) is 48.5 Å². The van der Waals surface area contributed by atoms with Gasteiger partial charge < -0.3 is 16.8 Å². The van der Waals surface area contributed by atoms with E-state index in [-0.39, 0.29) is 12.3 Å². The van der Waals surface area contributed by atoms with Crippen molar-refractivity contribution in [2.75, 3.05) is 11.1 Å². The summed E-state index contributed by atoms with van der Waals surface area (Å²) < 4.78 is 0. The second kappa shape index (κ2) is 5.91. The first-order chi connectivity index (χ1) is 9.13. The van der Waals surface area contributed by atoms with Gasteiger partial charge in [0.1, 0.15) is 0 Å². The number of carbonyl (C=O) groups excluding carboxylic acids is 1. The number of carbonyl (C=O) groups is 1. The van der Waals surface area contributed by atoms with E-state index in [2.05, 4.69) is 5.32 Å². The van der Waals surface area contributed by atoms with E-state index < -0.39 is 0 Å². The fourth-order valence-electron chi connectivity index (χ4n) is 1.78. The number of hydrogen-bond donors (Lipinski definition) is 3. The van der Waals surface area contributed by atoms with E-state index in [1.807, 2.05) is 48.5 Å². The number of nitrogens with one attached hydrogen (secondary N) is 1. The predicted molar refractivity (Wildman–Crippen MR) is 77.5 cm³/mol. The number of rotatable bonds is 5. The molecule has 0 saturated heterocycles. The van der Waals surface area contributed by atoms with Gasteiger partial charge in [-0.1, -0.05) is 24.3 Å². The standard InChI is InChI=1S/C15H17N3O/c16-13-5-1-12(2-6-13)10-18-14-7-3-11(4-8-14)9-15(17)19/h1-8,18H,9-10,16H2,(H2,17,19). The third kappa shape index (κ3) is 4.03. The van der Waals surface area contributed by atoms with Crippen LogP contribution in [0.2, 0.25) is 0 Å². The van der Waals surface area contributed by atoms with Crippen molar-refractivity contribution in [1.82, 2.24) is 0 Å². The van der Waals surface area contributed by atoms with Crippen molar-refractivity contribution in [2.45, 2.75) is 13.0 Å². The molecule has 2 aromatic rings. The molecular formula is C15H17N3O. The lowest BCUT2D eigenvalue weighted by atomic mass is 10.1. The first kappa shape index (κ1) is 13.0. The van der Waals surface area contributed by atoms with E-state index in [4.69, 9.17) is 11.5 Å². The smallest absolute Gasteiger partial charge is 0.221 e. The third-order valence-corrected chi connectivity index (χ3v) is 2.81. The molecule has 4 nitrogen and oxygen atoms in total. The van der Waals surface area contributed by atoms with Gasteiger partial charge in [0.15, 0.2) is 0 Å². The Morgan fingerprint density at radius 3 is 2.11 bits per heavy atom. The molecule has 5 N–H and O–H groups in total. The van der Waals surface area contributed by atoms with Gasteiger partial charge in [0.05, 0.1) is 6.42 Å². The Morgan fingerprint density at radius 2 is 1.53 bits per heavy atom. The van der Waals surface area contributed by atoms with Crippen LogP contribution in [0.5, 0.6) is 0 Å². The summed E-state index contributed by atoms with van der Waals surface area (Å²) in [5.41, 5.74) is 14.6. The van der Waals surface area contributed by atoms with Gasteiger partial charge in [-0.2, -0.15) is 0 Å². The Balaban J connectivity index is 1.92. The van der Waals surface area contributed by atoms with Crippen molar-refractivity contribution in [3.63, 3.8) is 0 Å². The van der Waals surface area contributed by atoms with Crippen molar-refractivity contribution in [1.29, 1.82) is 0 Å². The summed E-state index contributed by atoms with van der Waals surface area (Å²) in [6.07, 6.45) is 0.276. The highest BCUT2D eigenvalue weighted by Crippen LogP contribution is 2.12. The van der Waals surface area contributed by atoms with Gasteiger partial charge in [-0.25, -0.2) is 0 Å². The zero-order valence-electron chi connectivity index (χ0n) is 10.6. The van der Waals surface area contributed by atoms with E-state index in [0.29, 0.717) is 0 Å². The van der Waals surface area contributed by atoms with E-state index in [1.54, 1.807) is 0 Å². The van der Waals surface area contributed by atoms with Crippen LogP contribution in [-0.4, -0.2) is 5.91 Å². The van der Waals surface area contributed by atoms with Gasteiger partial charge >= 0.3 is 0 Å². The Morgan fingerprint density at radius 1 is 0.947 bits per heavy atom. The molecular weight excluding hydrogens is 238 g/mol. The molecule has 4 heteroatoms. The molecule has 2 aromatic carbocycles. The van der Waals surface area contributed by atoms with Gasteiger partial charge in [-0.3, -0.25) is 4.79 Å². The van der Waals surface area contributed by atoms with E-state index in [1.165, 1.54) is 0 Å². The molecule has 0 saturated carbocycles. The van der Waals surface area contributed by atoms with Crippen molar-refractivity contribution in [2.24, 2.45) is 5.73 Å². The van der Waals surface area contributed by atoms with E-state index in [0.717, 1.165) is 29.0 Å². The summed E-state index contributed by atoms with van der Waals surface area (Å²) in [4.78, 5) is 10.8. The highest BCUT2D eigenvalue weighted by molar-refractivity contribution is 5.76. The number of nitrogens with two attached hydrogens (primary N) is 2. The van der Waals surface area contributed by atoms with Gasteiger partial charge in [0, 0.05) is 17.9 Å². The van der Waals surface area contributed by atoms with Crippen molar-refractivity contribution < 1.29 is 4.79 Å². The normalized spacial score (nSPS) is 10.1. The largest absolute Gasteiger partial charge is 0.399 e. The lowest BCUT2D eigenvalue weighted by Gasteiger charge is -2.07. The molecule has 0 aliphatic carbocycles. The fraction of sp³-hybridized carbons (Fsp3) is 0.133. The summed E-state index contributed by atoms with van der Waals surface area (Å²) in [6.45, 7) is 0.732. The van der Waals surface area contributed by atoms with Crippen LogP contribution in [0.25, 0.3) is 0 Å². The Hall–Kier alpha value is -2.49. The minimum Gasteiger partial charge on any atom is -0.399 e. The fourth-order valence-corrected chi connectivity index (χ4v) is 1.78. The number of amides is 1. The summed E-state index contributed by atoms with van der Waals surface area (Å²) in [6, 6.07) is 15.4. The number of hydrogen-bond acceptors (Lipinski definition) is 3. The molecule has 0 radical (unpaired) electrons. The maximum atomic E-state index is 10.8. The summed E-state index contributed by atoms with van der Waals surface area (Å²) in [5.74, 6) is -0.317. The molecule has 0 spiro atoms. The molecule has 1 amide bonds. The Kier molecular flexibility index (Phi) is 4.03. The minimum absolute atomic E-state index is 0.276. The lowest BCUT2D eigenvalue weighted by molar-refractivity contribution is -0.117. The minimum atomic E-state index is -0.317. The average molecular weight is 255 g/mol. The second-order valence-electron chi connectivity index (χ2n) is 4.44. The lowest BCUT2D eigenvalue weighted by Crippen LogP contribution is -2.13. The summed E-state index contributed by atoms with van der Waals surface area (Å²) in [7, 11) is 0. The number of benzene rings is 2. The molecule has 0 atom stereocenters. The highest BCUT2D eigenvalue weighted by Gasteiger charge is 1.99. The maximum Gasteiger partial charge on any atom is 0.221 e. The Labute approximate surface area is 112 Å². The molecule has 98 valence electrons. The van der Waals surface area contributed by atoms with Crippen LogP contribution >= 0.6 is 0 Å². The average Bonchev–Trinajstić information content (AvgIpc) is 2.39. The molecule has 19 heavy (non-hydrogen) atoms. The van der Waals surface area contributed by atoms with E-state index >= 15 is 0 Å².